The van der Waals surface area contributed by atoms with Crippen molar-refractivity contribution in [3.63, 3.8) is 0 Å². The van der Waals surface area contributed by atoms with Crippen molar-refractivity contribution in [1.82, 2.24) is 0 Å². The zero-order valence-corrected chi connectivity index (χ0v) is 21.7. The number of esters is 1. The van der Waals surface area contributed by atoms with E-state index in [4.69, 9.17) is 4.74 Å². The molecular formula is C25H43NaO4. The summed E-state index contributed by atoms with van der Waals surface area (Å²) >= 11 is 0. The van der Waals surface area contributed by atoms with E-state index in [1.807, 2.05) is 0 Å². The zero-order valence-electron chi connectivity index (χ0n) is 19.7. The van der Waals surface area contributed by atoms with Gasteiger partial charge < -0.3 is 14.6 Å². The van der Waals surface area contributed by atoms with Crippen LogP contribution in [0.1, 0.15) is 116 Å². The minimum absolute atomic E-state index is 0. The Hall–Kier alpha value is -0.320. The third-order valence-corrected chi connectivity index (χ3v) is 6.02. The van der Waals surface area contributed by atoms with Gasteiger partial charge in [0.1, 0.15) is 0 Å². The molecule has 0 N–H and O–H groups in total. The minimum atomic E-state index is -1.11. The van der Waals surface area contributed by atoms with Gasteiger partial charge in [-0.3, -0.25) is 4.79 Å². The fourth-order valence-corrected chi connectivity index (χ4v) is 4.15. The zero-order chi connectivity index (χ0) is 21.2. The Kier molecular flexibility index (Phi) is 20.4. The summed E-state index contributed by atoms with van der Waals surface area (Å²) in [6, 6.07) is 0. The molecular weight excluding hydrogens is 387 g/mol. The van der Waals surface area contributed by atoms with Crippen LogP contribution in [0.4, 0.5) is 0 Å². The van der Waals surface area contributed by atoms with Crippen molar-refractivity contribution >= 4 is 11.9 Å². The normalized spacial score (nSPS) is 18.8. The van der Waals surface area contributed by atoms with Crippen LogP contribution in [-0.4, -0.2) is 18.5 Å². The first-order valence-electron chi connectivity index (χ1n) is 12.2. The third-order valence-electron chi connectivity index (χ3n) is 6.02. The summed E-state index contributed by atoms with van der Waals surface area (Å²) in [5.74, 6) is -2.63. The van der Waals surface area contributed by atoms with Crippen LogP contribution in [0.15, 0.2) is 12.2 Å². The van der Waals surface area contributed by atoms with Gasteiger partial charge in [-0.2, -0.15) is 0 Å². The summed E-state index contributed by atoms with van der Waals surface area (Å²) in [6.45, 7) is 2.65. The minimum Gasteiger partial charge on any atom is -0.550 e. The van der Waals surface area contributed by atoms with Gasteiger partial charge >= 0.3 is 35.5 Å². The van der Waals surface area contributed by atoms with Gasteiger partial charge in [0.2, 0.25) is 0 Å². The number of carbonyl (C=O) groups excluding carboxylic acids is 2. The van der Waals surface area contributed by atoms with E-state index in [0.717, 1.165) is 38.5 Å². The Morgan fingerprint density at radius 2 is 1.30 bits per heavy atom. The Balaban J connectivity index is 0.00000841. The van der Waals surface area contributed by atoms with Gasteiger partial charge in [0.05, 0.1) is 12.5 Å². The average molecular weight is 431 g/mol. The van der Waals surface area contributed by atoms with Crippen LogP contribution in [0.25, 0.3) is 0 Å². The Morgan fingerprint density at radius 1 is 0.800 bits per heavy atom. The average Bonchev–Trinajstić information content (AvgIpc) is 2.73. The van der Waals surface area contributed by atoms with Gasteiger partial charge in [0.15, 0.2) is 0 Å². The van der Waals surface area contributed by atoms with E-state index in [9.17, 15) is 14.7 Å². The van der Waals surface area contributed by atoms with Crippen molar-refractivity contribution < 1.29 is 49.0 Å². The molecule has 1 aliphatic carbocycles. The van der Waals surface area contributed by atoms with Gasteiger partial charge in [-0.1, -0.05) is 83.3 Å². The Labute approximate surface area is 206 Å². The fraction of sp³-hybridized carbons (Fsp3) is 0.840. The molecule has 0 spiro atoms. The standard InChI is InChI=1S/C25H44O4.Na/c1-2-3-4-5-6-7-8-9-10-11-12-13-14-15-18-21-29-25(28)23-20-17-16-19-22(23)24(26)27;/h12-13,22-23H,2-11,14-21H2,1H3,(H,26,27);/q;+1/p-1/b13-12+;. The monoisotopic (exact) mass is 430 g/mol. The molecule has 30 heavy (non-hydrogen) atoms. The smallest absolute Gasteiger partial charge is 0.550 e. The maximum atomic E-state index is 12.1. The van der Waals surface area contributed by atoms with E-state index < -0.39 is 17.8 Å². The largest absolute Gasteiger partial charge is 1.00 e. The van der Waals surface area contributed by atoms with Crippen molar-refractivity contribution in [2.45, 2.75) is 116 Å². The fourth-order valence-electron chi connectivity index (χ4n) is 4.15. The van der Waals surface area contributed by atoms with E-state index in [1.165, 1.54) is 57.8 Å². The number of aliphatic carboxylic acids is 1. The maximum absolute atomic E-state index is 12.1. The molecule has 1 aliphatic rings. The molecule has 0 aromatic rings. The topological polar surface area (TPSA) is 66.4 Å². The second-order valence-corrected chi connectivity index (χ2v) is 8.57. The number of carbonyl (C=O) groups is 2. The predicted octanol–water partition coefficient (Wildman–Crippen LogP) is 2.74. The second-order valence-electron chi connectivity index (χ2n) is 8.57. The molecule has 0 bridgehead atoms. The molecule has 0 radical (unpaired) electrons. The van der Waals surface area contributed by atoms with E-state index in [-0.39, 0.29) is 35.5 Å². The summed E-state index contributed by atoms with van der Waals surface area (Å²) in [7, 11) is 0. The maximum Gasteiger partial charge on any atom is 1.00 e. The number of unbranched alkanes of at least 4 members (excludes halogenated alkanes) is 11. The molecule has 0 aromatic heterocycles. The number of ether oxygens (including phenoxy) is 1. The quantitative estimate of drug-likeness (QED) is 0.154. The first kappa shape index (κ1) is 29.7. The van der Waals surface area contributed by atoms with Crippen LogP contribution >= 0.6 is 0 Å². The van der Waals surface area contributed by atoms with Crippen molar-refractivity contribution in [1.29, 1.82) is 0 Å². The first-order chi connectivity index (χ1) is 14.2. The van der Waals surface area contributed by atoms with Crippen LogP contribution in [0.2, 0.25) is 0 Å². The van der Waals surface area contributed by atoms with Gasteiger partial charge in [-0.05, 0) is 44.9 Å². The number of carboxylic acids is 1. The number of carboxylic acid groups (broad SMARTS) is 1. The number of hydrogen-bond acceptors (Lipinski definition) is 4. The summed E-state index contributed by atoms with van der Waals surface area (Å²) in [6.07, 6.45) is 23.7. The summed E-state index contributed by atoms with van der Waals surface area (Å²) in [5.41, 5.74) is 0. The first-order valence-corrected chi connectivity index (χ1v) is 12.2. The van der Waals surface area contributed by atoms with Crippen LogP contribution in [-0.2, 0) is 14.3 Å². The molecule has 0 aliphatic heterocycles. The summed E-state index contributed by atoms with van der Waals surface area (Å²) in [4.78, 5) is 23.3. The molecule has 2 atom stereocenters. The molecule has 4 nitrogen and oxygen atoms in total. The molecule has 1 fully saturated rings. The van der Waals surface area contributed by atoms with Gasteiger partial charge in [-0.25, -0.2) is 0 Å². The molecule has 1 saturated carbocycles. The number of rotatable bonds is 17. The van der Waals surface area contributed by atoms with Crippen LogP contribution in [0.3, 0.4) is 0 Å². The van der Waals surface area contributed by atoms with Gasteiger partial charge in [0, 0.05) is 11.9 Å². The van der Waals surface area contributed by atoms with Crippen molar-refractivity contribution in [2.24, 2.45) is 11.8 Å². The molecule has 0 heterocycles. The van der Waals surface area contributed by atoms with Crippen molar-refractivity contribution in [2.75, 3.05) is 6.61 Å². The van der Waals surface area contributed by atoms with Crippen LogP contribution in [0.5, 0.6) is 0 Å². The van der Waals surface area contributed by atoms with Crippen LogP contribution in [0, 0.1) is 11.8 Å². The van der Waals surface area contributed by atoms with Gasteiger partial charge in [0.25, 0.3) is 0 Å². The SMILES string of the molecule is CCCCCCCCCCC/C=C/CCCCOC(=O)C1CCCCC1C(=O)[O-].[Na+]. The molecule has 1 rings (SSSR count). The van der Waals surface area contributed by atoms with E-state index >= 15 is 0 Å². The van der Waals surface area contributed by atoms with E-state index in [2.05, 4.69) is 19.1 Å². The van der Waals surface area contributed by atoms with E-state index in [1.54, 1.807) is 0 Å². The summed E-state index contributed by atoms with van der Waals surface area (Å²) in [5, 5.41) is 11.2. The number of allylic oxidation sites excluding steroid dienone is 2. The Bertz CT molecular complexity index is 464. The molecule has 2 unspecified atom stereocenters. The molecule has 0 amide bonds. The van der Waals surface area contributed by atoms with Crippen LogP contribution < -0.4 is 34.7 Å². The molecule has 0 aromatic carbocycles. The Morgan fingerprint density at radius 3 is 1.87 bits per heavy atom. The van der Waals surface area contributed by atoms with Crippen molar-refractivity contribution in [3.8, 4) is 0 Å². The second kappa shape index (κ2) is 20.6. The predicted molar refractivity (Wildman–Crippen MR) is 116 cm³/mol. The van der Waals surface area contributed by atoms with Crippen molar-refractivity contribution in [3.05, 3.63) is 12.2 Å². The van der Waals surface area contributed by atoms with E-state index in [0.29, 0.717) is 19.4 Å². The van der Waals surface area contributed by atoms with Gasteiger partial charge in [-0.15, -0.1) is 0 Å². The molecule has 0 saturated heterocycles. The molecule has 168 valence electrons. The third kappa shape index (κ3) is 14.6. The summed E-state index contributed by atoms with van der Waals surface area (Å²) < 4.78 is 5.32. The number of hydrogen-bond donors (Lipinski definition) is 0. The molecule has 5 heteroatoms.